The molecular formula is C14H22BrNO2. The number of benzene rings is 1. The fraction of sp³-hybridized carbons (Fsp3) is 0.571. The molecule has 0 saturated heterocycles. The Morgan fingerprint density at radius 2 is 2.06 bits per heavy atom. The molecule has 0 saturated carbocycles. The molecule has 4 heteroatoms. The molecule has 1 N–H and O–H groups in total. The second kappa shape index (κ2) is 7.64. The highest BCUT2D eigenvalue weighted by Gasteiger charge is 2.11. The average molecular weight is 316 g/mol. The van der Waals surface area contributed by atoms with Gasteiger partial charge in [-0.2, -0.15) is 0 Å². The Hall–Kier alpha value is -0.740. The van der Waals surface area contributed by atoms with E-state index in [1.54, 1.807) is 7.11 Å². The third-order valence-electron chi connectivity index (χ3n) is 2.84. The highest BCUT2D eigenvalue weighted by atomic mass is 79.9. The van der Waals surface area contributed by atoms with Crippen molar-refractivity contribution in [1.82, 2.24) is 5.32 Å². The van der Waals surface area contributed by atoms with Crippen molar-refractivity contribution in [3.63, 3.8) is 0 Å². The van der Waals surface area contributed by atoms with Crippen LogP contribution < -0.4 is 14.8 Å². The molecule has 102 valence electrons. The lowest BCUT2D eigenvalue weighted by atomic mass is 10.1. The summed E-state index contributed by atoms with van der Waals surface area (Å²) in [5.74, 6) is 1.54. The maximum atomic E-state index is 5.60. The van der Waals surface area contributed by atoms with Crippen LogP contribution >= 0.6 is 15.9 Å². The van der Waals surface area contributed by atoms with Crippen LogP contribution in [-0.2, 0) is 6.54 Å². The van der Waals surface area contributed by atoms with Crippen molar-refractivity contribution in [1.29, 1.82) is 0 Å². The molecule has 0 aliphatic heterocycles. The van der Waals surface area contributed by atoms with Crippen LogP contribution in [0.3, 0.4) is 0 Å². The second-order valence-electron chi connectivity index (χ2n) is 4.23. The minimum Gasteiger partial charge on any atom is -0.492 e. The molecular weight excluding hydrogens is 294 g/mol. The number of hydrogen-bond acceptors (Lipinski definition) is 3. The smallest absolute Gasteiger partial charge is 0.174 e. The van der Waals surface area contributed by atoms with Crippen LogP contribution in [0.15, 0.2) is 16.6 Å². The first kappa shape index (κ1) is 15.3. The average Bonchev–Trinajstić information content (AvgIpc) is 2.36. The van der Waals surface area contributed by atoms with Gasteiger partial charge < -0.3 is 14.8 Å². The van der Waals surface area contributed by atoms with Crippen molar-refractivity contribution < 1.29 is 9.47 Å². The first-order valence-electron chi connectivity index (χ1n) is 6.34. The number of methoxy groups -OCH3 is 1. The number of hydrogen-bond donors (Lipinski definition) is 1. The maximum Gasteiger partial charge on any atom is 0.174 e. The summed E-state index contributed by atoms with van der Waals surface area (Å²) in [5.41, 5.74) is 1.19. The summed E-state index contributed by atoms with van der Waals surface area (Å²) in [6.07, 6.45) is 1.12. The van der Waals surface area contributed by atoms with Gasteiger partial charge in [0.15, 0.2) is 11.5 Å². The van der Waals surface area contributed by atoms with Crippen LogP contribution in [0.2, 0.25) is 0 Å². The van der Waals surface area contributed by atoms with Crippen molar-refractivity contribution in [2.75, 3.05) is 13.7 Å². The van der Waals surface area contributed by atoms with Crippen molar-refractivity contribution in [2.24, 2.45) is 0 Å². The largest absolute Gasteiger partial charge is 0.492 e. The lowest BCUT2D eigenvalue weighted by Crippen LogP contribution is -2.24. The van der Waals surface area contributed by atoms with Gasteiger partial charge in [-0.05, 0) is 53.9 Å². The summed E-state index contributed by atoms with van der Waals surface area (Å²) >= 11 is 3.52. The minimum atomic E-state index is 0.515. The predicted molar refractivity (Wildman–Crippen MR) is 78.5 cm³/mol. The fourth-order valence-electron chi connectivity index (χ4n) is 1.62. The van der Waals surface area contributed by atoms with Crippen LogP contribution in [0.25, 0.3) is 0 Å². The van der Waals surface area contributed by atoms with Gasteiger partial charge in [0.05, 0.1) is 18.2 Å². The van der Waals surface area contributed by atoms with Gasteiger partial charge in [0.1, 0.15) is 0 Å². The van der Waals surface area contributed by atoms with Crippen LogP contribution in [-0.4, -0.2) is 19.8 Å². The zero-order valence-corrected chi connectivity index (χ0v) is 13.1. The maximum absolute atomic E-state index is 5.60. The highest BCUT2D eigenvalue weighted by Crippen LogP contribution is 2.36. The van der Waals surface area contributed by atoms with Gasteiger partial charge in [-0.1, -0.05) is 6.92 Å². The molecule has 0 unspecified atom stereocenters. The standard InChI is InChI=1S/C14H22BrNO2/c1-5-10(3)16-9-11-7-12(15)14(17-4)13(8-11)18-6-2/h7-8,10,16H,5-6,9H2,1-4H3/t10-/m0/s1. The Kier molecular flexibility index (Phi) is 6.50. The summed E-state index contributed by atoms with van der Waals surface area (Å²) in [6.45, 7) is 7.79. The summed E-state index contributed by atoms with van der Waals surface area (Å²) < 4.78 is 11.9. The lowest BCUT2D eigenvalue weighted by molar-refractivity contribution is 0.309. The van der Waals surface area contributed by atoms with E-state index in [1.807, 2.05) is 13.0 Å². The number of ether oxygens (including phenoxy) is 2. The fourth-order valence-corrected chi connectivity index (χ4v) is 2.27. The molecule has 0 spiro atoms. The van der Waals surface area contributed by atoms with E-state index < -0.39 is 0 Å². The molecule has 1 atom stereocenters. The zero-order chi connectivity index (χ0) is 13.5. The topological polar surface area (TPSA) is 30.5 Å². The Bertz CT molecular complexity index is 382. The van der Waals surface area contributed by atoms with Gasteiger partial charge >= 0.3 is 0 Å². The molecule has 0 radical (unpaired) electrons. The summed E-state index contributed by atoms with van der Waals surface area (Å²) in [6, 6.07) is 4.61. The van der Waals surface area contributed by atoms with E-state index in [2.05, 4.69) is 41.2 Å². The minimum absolute atomic E-state index is 0.515. The van der Waals surface area contributed by atoms with E-state index in [4.69, 9.17) is 9.47 Å². The monoisotopic (exact) mass is 315 g/mol. The molecule has 0 aliphatic rings. The molecule has 0 amide bonds. The van der Waals surface area contributed by atoms with Crippen LogP contribution in [0.5, 0.6) is 11.5 Å². The van der Waals surface area contributed by atoms with E-state index in [0.29, 0.717) is 12.6 Å². The van der Waals surface area contributed by atoms with Crippen molar-refractivity contribution in [2.45, 2.75) is 39.8 Å². The molecule has 0 aromatic heterocycles. The Labute approximate surface area is 118 Å². The molecule has 3 nitrogen and oxygen atoms in total. The van der Waals surface area contributed by atoms with Crippen LogP contribution in [0.1, 0.15) is 32.8 Å². The molecule has 1 aromatic carbocycles. The summed E-state index contributed by atoms with van der Waals surface area (Å²) in [7, 11) is 1.65. The Morgan fingerprint density at radius 3 is 2.61 bits per heavy atom. The molecule has 0 fully saturated rings. The molecule has 18 heavy (non-hydrogen) atoms. The van der Waals surface area contributed by atoms with Gasteiger partial charge in [-0.3, -0.25) is 0 Å². The number of nitrogens with one attached hydrogen (secondary N) is 1. The third kappa shape index (κ3) is 4.18. The van der Waals surface area contributed by atoms with Gasteiger partial charge in [-0.25, -0.2) is 0 Å². The van der Waals surface area contributed by atoms with E-state index in [9.17, 15) is 0 Å². The van der Waals surface area contributed by atoms with Crippen molar-refractivity contribution in [3.8, 4) is 11.5 Å². The molecule has 1 rings (SSSR count). The SMILES string of the molecule is CCOc1cc(CN[C@@H](C)CC)cc(Br)c1OC. The van der Waals surface area contributed by atoms with E-state index in [0.717, 1.165) is 28.9 Å². The van der Waals surface area contributed by atoms with E-state index in [1.165, 1.54) is 5.56 Å². The normalized spacial score (nSPS) is 12.3. The number of halogens is 1. The summed E-state index contributed by atoms with van der Waals surface area (Å²) in [4.78, 5) is 0. The van der Waals surface area contributed by atoms with Gasteiger partial charge in [-0.15, -0.1) is 0 Å². The third-order valence-corrected chi connectivity index (χ3v) is 3.43. The molecule has 0 aliphatic carbocycles. The number of rotatable bonds is 7. The van der Waals surface area contributed by atoms with Gasteiger partial charge in [0, 0.05) is 12.6 Å². The first-order chi connectivity index (χ1) is 8.62. The van der Waals surface area contributed by atoms with Crippen LogP contribution in [0.4, 0.5) is 0 Å². The summed E-state index contributed by atoms with van der Waals surface area (Å²) in [5, 5.41) is 3.47. The second-order valence-corrected chi connectivity index (χ2v) is 5.09. The van der Waals surface area contributed by atoms with Gasteiger partial charge in [0.25, 0.3) is 0 Å². The van der Waals surface area contributed by atoms with Crippen molar-refractivity contribution in [3.05, 3.63) is 22.2 Å². The predicted octanol–water partition coefficient (Wildman–Crippen LogP) is 3.74. The van der Waals surface area contributed by atoms with E-state index >= 15 is 0 Å². The van der Waals surface area contributed by atoms with E-state index in [-0.39, 0.29) is 0 Å². The quantitative estimate of drug-likeness (QED) is 0.831. The van der Waals surface area contributed by atoms with Gasteiger partial charge in [0.2, 0.25) is 0 Å². The highest BCUT2D eigenvalue weighted by molar-refractivity contribution is 9.10. The molecule has 0 bridgehead atoms. The van der Waals surface area contributed by atoms with Crippen molar-refractivity contribution >= 4 is 15.9 Å². The van der Waals surface area contributed by atoms with Crippen LogP contribution in [0, 0.1) is 0 Å². The molecule has 0 heterocycles. The Morgan fingerprint density at radius 1 is 1.33 bits per heavy atom. The zero-order valence-electron chi connectivity index (χ0n) is 11.5. The Balaban J connectivity index is 2.86. The first-order valence-corrected chi connectivity index (χ1v) is 7.14. The molecule has 1 aromatic rings. The lowest BCUT2D eigenvalue weighted by Gasteiger charge is -2.15.